The summed E-state index contributed by atoms with van der Waals surface area (Å²) in [5.74, 6) is 12.9. The van der Waals surface area contributed by atoms with Crippen molar-refractivity contribution in [3.05, 3.63) is 101 Å². The number of nitrogens with zero attached hydrogens (tertiary/aromatic N) is 2. The van der Waals surface area contributed by atoms with E-state index in [4.69, 9.17) is 0 Å². The maximum absolute atomic E-state index is 4.68. The number of aryl methyl sites for hydroxylation is 1. The second-order valence-corrected chi connectivity index (χ2v) is 6.13. The van der Waals surface area contributed by atoms with Crippen molar-refractivity contribution < 1.29 is 0 Å². The Kier molecular flexibility index (Phi) is 4.73. The lowest BCUT2D eigenvalue weighted by molar-refractivity contribution is 0.681. The number of benzene rings is 3. The molecule has 0 saturated carbocycles. The molecule has 0 saturated heterocycles. The molecule has 27 heavy (non-hydrogen) atoms. The Morgan fingerprint density at radius 3 is 1.93 bits per heavy atom. The second-order valence-electron chi connectivity index (χ2n) is 6.13. The SMILES string of the molecule is CCn1nc(C#Cc2ccccc2)c2ccc(C#Cc3ccccc3)cc21. The molecule has 0 aliphatic rings. The minimum absolute atomic E-state index is 0.791. The van der Waals surface area contributed by atoms with Crippen LogP contribution in [0.25, 0.3) is 10.9 Å². The third kappa shape index (κ3) is 3.76. The van der Waals surface area contributed by atoms with Gasteiger partial charge in [0.15, 0.2) is 0 Å². The van der Waals surface area contributed by atoms with Crippen LogP contribution in [0.4, 0.5) is 0 Å². The van der Waals surface area contributed by atoms with Gasteiger partial charge in [-0.05, 0) is 55.3 Å². The Labute approximate surface area is 159 Å². The molecule has 0 aliphatic heterocycles. The first-order valence-electron chi connectivity index (χ1n) is 8.98. The molecule has 4 rings (SSSR count). The molecule has 3 aromatic carbocycles. The highest BCUT2D eigenvalue weighted by atomic mass is 15.3. The molecule has 0 spiro atoms. The second kappa shape index (κ2) is 7.65. The number of aromatic nitrogens is 2. The summed E-state index contributed by atoms with van der Waals surface area (Å²) >= 11 is 0. The van der Waals surface area contributed by atoms with Crippen LogP contribution >= 0.6 is 0 Å². The molecular formula is C25H18N2. The standard InChI is InChI=1S/C25H18N2/c1-2-27-25-19-22(14-13-20-9-5-3-6-10-20)15-17-23(25)24(26-27)18-16-21-11-7-4-8-12-21/h3-12,15,17,19H,2H2,1H3. The van der Waals surface area contributed by atoms with Crippen molar-refractivity contribution in [2.75, 3.05) is 0 Å². The third-order valence-corrected chi connectivity index (χ3v) is 4.28. The summed E-state index contributed by atoms with van der Waals surface area (Å²) in [4.78, 5) is 0. The lowest BCUT2D eigenvalue weighted by Gasteiger charge is -1.98. The topological polar surface area (TPSA) is 17.8 Å². The van der Waals surface area contributed by atoms with E-state index in [9.17, 15) is 0 Å². The zero-order chi connectivity index (χ0) is 18.5. The van der Waals surface area contributed by atoms with Gasteiger partial charge in [0.25, 0.3) is 0 Å². The van der Waals surface area contributed by atoms with E-state index in [1.54, 1.807) is 0 Å². The van der Waals surface area contributed by atoms with Crippen LogP contribution in [0, 0.1) is 23.7 Å². The van der Waals surface area contributed by atoms with Gasteiger partial charge in [0.2, 0.25) is 0 Å². The Hall–Kier alpha value is -3.75. The molecular weight excluding hydrogens is 328 g/mol. The summed E-state index contributed by atoms with van der Waals surface area (Å²) in [7, 11) is 0. The fourth-order valence-corrected chi connectivity index (χ4v) is 2.90. The van der Waals surface area contributed by atoms with Gasteiger partial charge in [-0.25, -0.2) is 0 Å². The molecule has 1 heterocycles. The van der Waals surface area contributed by atoms with E-state index in [1.165, 1.54) is 0 Å². The maximum atomic E-state index is 4.68. The summed E-state index contributed by atoms with van der Waals surface area (Å²) in [6, 6.07) is 26.2. The molecule has 0 bridgehead atoms. The maximum Gasteiger partial charge on any atom is 0.143 e. The average Bonchev–Trinajstić information content (AvgIpc) is 3.09. The summed E-state index contributed by atoms with van der Waals surface area (Å²) < 4.78 is 1.98. The molecule has 0 radical (unpaired) electrons. The first-order chi connectivity index (χ1) is 13.3. The monoisotopic (exact) mass is 346 g/mol. The van der Waals surface area contributed by atoms with E-state index in [1.807, 2.05) is 71.4 Å². The molecule has 0 fully saturated rings. The summed E-state index contributed by atoms with van der Waals surface area (Å²) in [5.41, 5.74) is 4.84. The zero-order valence-corrected chi connectivity index (χ0v) is 15.1. The molecule has 0 aliphatic carbocycles. The van der Waals surface area contributed by atoms with Gasteiger partial charge in [-0.2, -0.15) is 5.10 Å². The quantitative estimate of drug-likeness (QED) is 0.450. The lowest BCUT2D eigenvalue weighted by atomic mass is 10.1. The van der Waals surface area contributed by atoms with Crippen LogP contribution < -0.4 is 0 Å². The van der Waals surface area contributed by atoms with Crippen molar-refractivity contribution in [3.63, 3.8) is 0 Å². The highest BCUT2D eigenvalue weighted by Gasteiger charge is 2.08. The van der Waals surface area contributed by atoms with E-state index in [-0.39, 0.29) is 0 Å². The number of hydrogen-bond acceptors (Lipinski definition) is 1. The van der Waals surface area contributed by atoms with Crippen LogP contribution in [0.5, 0.6) is 0 Å². The van der Waals surface area contributed by atoms with Gasteiger partial charge in [-0.3, -0.25) is 4.68 Å². The van der Waals surface area contributed by atoms with Gasteiger partial charge in [0.1, 0.15) is 5.69 Å². The molecule has 4 aromatic rings. The number of hydrogen-bond donors (Lipinski definition) is 0. The molecule has 0 unspecified atom stereocenters. The number of rotatable bonds is 1. The van der Waals surface area contributed by atoms with Crippen molar-refractivity contribution in [2.45, 2.75) is 13.5 Å². The van der Waals surface area contributed by atoms with Crippen LogP contribution in [-0.4, -0.2) is 9.78 Å². The van der Waals surface area contributed by atoms with Crippen LogP contribution in [0.3, 0.4) is 0 Å². The van der Waals surface area contributed by atoms with E-state index < -0.39 is 0 Å². The molecule has 0 amide bonds. The average molecular weight is 346 g/mol. The predicted molar refractivity (Wildman–Crippen MR) is 110 cm³/mol. The molecule has 2 heteroatoms. The molecule has 0 atom stereocenters. The van der Waals surface area contributed by atoms with Crippen LogP contribution in [0.1, 0.15) is 29.3 Å². The van der Waals surface area contributed by atoms with E-state index in [0.717, 1.165) is 39.8 Å². The van der Waals surface area contributed by atoms with Gasteiger partial charge in [-0.15, -0.1) is 0 Å². The predicted octanol–water partition coefficient (Wildman–Crippen LogP) is 4.86. The molecule has 0 N–H and O–H groups in total. The van der Waals surface area contributed by atoms with E-state index in [2.05, 4.69) is 47.8 Å². The highest BCUT2D eigenvalue weighted by molar-refractivity contribution is 5.86. The van der Waals surface area contributed by atoms with Crippen LogP contribution in [-0.2, 0) is 6.54 Å². The highest BCUT2D eigenvalue weighted by Crippen LogP contribution is 2.20. The number of fused-ring (bicyclic) bond motifs is 1. The van der Waals surface area contributed by atoms with Crippen molar-refractivity contribution in [1.82, 2.24) is 9.78 Å². The van der Waals surface area contributed by atoms with E-state index in [0.29, 0.717) is 0 Å². The van der Waals surface area contributed by atoms with Crippen molar-refractivity contribution in [3.8, 4) is 23.7 Å². The first kappa shape index (κ1) is 16.7. The van der Waals surface area contributed by atoms with Gasteiger partial charge < -0.3 is 0 Å². The van der Waals surface area contributed by atoms with Gasteiger partial charge in [0, 0.05) is 28.6 Å². The zero-order valence-electron chi connectivity index (χ0n) is 15.1. The molecule has 128 valence electrons. The van der Waals surface area contributed by atoms with Crippen molar-refractivity contribution in [2.24, 2.45) is 0 Å². The Morgan fingerprint density at radius 1 is 0.704 bits per heavy atom. The lowest BCUT2D eigenvalue weighted by Crippen LogP contribution is -1.96. The summed E-state index contributed by atoms with van der Waals surface area (Å²) in [5, 5.41) is 5.74. The minimum Gasteiger partial charge on any atom is -0.264 e. The minimum atomic E-state index is 0.791. The molecule has 2 nitrogen and oxygen atoms in total. The first-order valence-corrected chi connectivity index (χ1v) is 8.98. The Bertz CT molecular complexity index is 1190. The van der Waals surface area contributed by atoms with Gasteiger partial charge in [-0.1, -0.05) is 54.2 Å². The van der Waals surface area contributed by atoms with Crippen LogP contribution in [0.15, 0.2) is 78.9 Å². The van der Waals surface area contributed by atoms with E-state index >= 15 is 0 Å². The fraction of sp³-hybridized carbons (Fsp3) is 0.0800. The molecule has 1 aromatic heterocycles. The Morgan fingerprint density at radius 2 is 1.30 bits per heavy atom. The van der Waals surface area contributed by atoms with Crippen molar-refractivity contribution >= 4 is 10.9 Å². The largest absolute Gasteiger partial charge is 0.264 e. The Balaban J connectivity index is 1.72. The summed E-state index contributed by atoms with van der Waals surface area (Å²) in [6.07, 6.45) is 0. The normalized spacial score (nSPS) is 9.96. The van der Waals surface area contributed by atoms with Gasteiger partial charge >= 0.3 is 0 Å². The smallest absolute Gasteiger partial charge is 0.143 e. The van der Waals surface area contributed by atoms with Crippen LogP contribution in [0.2, 0.25) is 0 Å². The fourth-order valence-electron chi connectivity index (χ4n) is 2.90. The third-order valence-electron chi connectivity index (χ3n) is 4.28. The van der Waals surface area contributed by atoms with Gasteiger partial charge in [0.05, 0.1) is 5.52 Å². The van der Waals surface area contributed by atoms with Crippen molar-refractivity contribution in [1.29, 1.82) is 0 Å². The summed E-state index contributed by atoms with van der Waals surface area (Å²) in [6.45, 7) is 2.88.